The van der Waals surface area contributed by atoms with Crippen LogP contribution in [0.3, 0.4) is 0 Å². The molecule has 2 heterocycles. The van der Waals surface area contributed by atoms with Crippen molar-refractivity contribution in [2.75, 3.05) is 20.2 Å². The number of rotatable bonds is 7. The lowest BCUT2D eigenvalue weighted by Gasteiger charge is -2.32. The summed E-state index contributed by atoms with van der Waals surface area (Å²) in [5, 5.41) is 3.03. The maximum Gasteiger partial charge on any atom is 0.253 e. The zero-order valence-electron chi connectivity index (χ0n) is 19.2. The van der Waals surface area contributed by atoms with Gasteiger partial charge in [0.15, 0.2) is 0 Å². The molecule has 1 aliphatic heterocycles. The van der Waals surface area contributed by atoms with E-state index < -0.39 is 0 Å². The smallest absolute Gasteiger partial charge is 0.253 e. The summed E-state index contributed by atoms with van der Waals surface area (Å²) in [6.45, 7) is 4.63. The minimum Gasteiger partial charge on any atom is -0.496 e. The van der Waals surface area contributed by atoms with E-state index in [-0.39, 0.29) is 17.6 Å². The number of hydrogen-bond acceptors (Lipinski definition) is 4. The Bertz CT molecular complexity index is 1110. The summed E-state index contributed by atoms with van der Waals surface area (Å²) in [5.74, 6) is 0.669. The van der Waals surface area contributed by atoms with Crippen LogP contribution in [0.1, 0.15) is 51.6 Å². The normalized spacial score (nSPS) is 14.8. The van der Waals surface area contributed by atoms with Crippen LogP contribution in [0, 0.1) is 12.7 Å². The second kappa shape index (κ2) is 10.6. The molecule has 3 aromatic rings. The first kappa shape index (κ1) is 22.9. The van der Waals surface area contributed by atoms with Crippen molar-refractivity contribution in [3.05, 3.63) is 94.6 Å². The highest BCUT2D eigenvalue weighted by Gasteiger charge is 2.26. The Labute approximate surface area is 194 Å². The Balaban J connectivity index is 1.43. The highest BCUT2D eigenvalue weighted by Crippen LogP contribution is 2.30. The molecule has 0 saturated carbocycles. The Morgan fingerprint density at radius 1 is 1.06 bits per heavy atom. The maximum absolute atomic E-state index is 14.0. The van der Waals surface area contributed by atoms with Gasteiger partial charge in [0.05, 0.1) is 18.4 Å². The molecule has 1 aromatic heterocycles. The lowest BCUT2D eigenvalue weighted by atomic mass is 9.89. The molecule has 0 radical (unpaired) electrons. The third kappa shape index (κ3) is 5.57. The molecule has 0 bridgehead atoms. The third-order valence-corrected chi connectivity index (χ3v) is 6.27. The number of halogens is 1. The summed E-state index contributed by atoms with van der Waals surface area (Å²) >= 11 is 0. The van der Waals surface area contributed by atoms with E-state index in [2.05, 4.69) is 10.2 Å². The van der Waals surface area contributed by atoms with Crippen molar-refractivity contribution in [2.45, 2.75) is 38.8 Å². The number of aromatic nitrogens is 1. The summed E-state index contributed by atoms with van der Waals surface area (Å²) in [6, 6.07) is 18.4. The Hall–Kier alpha value is -3.25. The zero-order valence-corrected chi connectivity index (χ0v) is 19.2. The molecule has 4 rings (SSSR count). The number of aryl methyl sites for hydroxylation is 1. The summed E-state index contributed by atoms with van der Waals surface area (Å²) in [7, 11) is 1.63. The number of carbonyl (C=O) groups is 1. The number of piperidine rings is 1. The van der Waals surface area contributed by atoms with E-state index in [1.54, 1.807) is 13.2 Å². The van der Waals surface area contributed by atoms with Gasteiger partial charge in [-0.15, -0.1) is 0 Å². The summed E-state index contributed by atoms with van der Waals surface area (Å²) in [6.07, 6.45) is 1.77. The van der Waals surface area contributed by atoms with Gasteiger partial charge in [0.2, 0.25) is 0 Å². The van der Waals surface area contributed by atoms with Gasteiger partial charge in [-0.25, -0.2) is 4.39 Å². The summed E-state index contributed by atoms with van der Waals surface area (Å²) in [4.78, 5) is 20.1. The summed E-state index contributed by atoms with van der Waals surface area (Å²) < 4.78 is 19.4. The number of carbonyl (C=O) groups excluding carboxylic acids is 1. The third-order valence-electron chi connectivity index (χ3n) is 6.27. The monoisotopic (exact) mass is 447 g/mol. The second-order valence-electron chi connectivity index (χ2n) is 8.52. The van der Waals surface area contributed by atoms with Gasteiger partial charge < -0.3 is 10.1 Å². The Morgan fingerprint density at radius 2 is 1.76 bits per heavy atom. The van der Waals surface area contributed by atoms with Crippen LogP contribution in [-0.2, 0) is 13.1 Å². The van der Waals surface area contributed by atoms with Crippen molar-refractivity contribution in [3.63, 3.8) is 0 Å². The number of methoxy groups -OCH3 is 1. The van der Waals surface area contributed by atoms with Crippen LogP contribution < -0.4 is 10.1 Å². The number of benzene rings is 2. The molecule has 1 N–H and O–H groups in total. The van der Waals surface area contributed by atoms with Crippen LogP contribution >= 0.6 is 0 Å². The number of nitrogens with one attached hydrogen (secondary N) is 1. The van der Waals surface area contributed by atoms with Crippen LogP contribution in [0.2, 0.25) is 0 Å². The minimum absolute atomic E-state index is 0.128. The Kier molecular flexibility index (Phi) is 7.35. The van der Waals surface area contributed by atoms with Crippen molar-refractivity contribution < 1.29 is 13.9 Å². The Morgan fingerprint density at radius 3 is 2.48 bits per heavy atom. The lowest BCUT2D eigenvalue weighted by Crippen LogP contribution is -2.34. The van der Waals surface area contributed by atoms with Crippen LogP contribution in [-0.4, -0.2) is 36.0 Å². The molecule has 33 heavy (non-hydrogen) atoms. The van der Waals surface area contributed by atoms with Gasteiger partial charge in [-0.05, 0) is 57.1 Å². The molecule has 0 atom stereocenters. The maximum atomic E-state index is 14.0. The fraction of sp³-hybridized carbons (Fsp3) is 0.333. The van der Waals surface area contributed by atoms with E-state index in [4.69, 9.17) is 9.72 Å². The number of likely N-dealkylation sites (tertiary alicyclic amines) is 1. The number of nitrogens with zero attached hydrogens (tertiary/aromatic N) is 2. The van der Waals surface area contributed by atoms with Gasteiger partial charge in [0.1, 0.15) is 11.6 Å². The van der Waals surface area contributed by atoms with Gasteiger partial charge in [0.25, 0.3) is 5.91 Å². The first-order chi connectivity index (χ1) is 16.0. The van der Waals surface area contributed by atoms with Gasteiger partial charge in [-0.2, -0.15) is 0 Å². The molecule has 0 aliphatic carbocycles. The summed E-state index contributed by atoms with van der Waals surface area (Å²) in [5.41, 5.74) is 4.04. The number of para-hydroxylation sites is 1. The van der Waals surface area contributed by atoms with Crippen LogP contribution in [0.4, 0.5) is 4.39 Å². The highest BCUT2D eigenvalue weighted by atomic mass is 19.1. The molecule has 5 nitrogen and oxygen atoms in total. The van der Waals surface area contributed by atoms with Crippen LogP contribution in [0.25, 0.3) is 0 Å². The molecular formula is C27H30FN3O2. The van der Waals surface area contributed by atoms with Crippen molar-refractivity contribution in [1.82, 2.24) is 15.2 Å². The zero-order chi connectivity index (χ0) is 23.2. The van der Waals surface area contributed by atoms with E-state index in [0.717, 1.165) is 54.2 Å². The standard InChI is InChI=1S/C27H30FN3O2/c1-19-11-12-23(27(32)29-17-21-7-4-6-10-25(21)33-2)26(30-19)20-13-15-31(16-14-20)18-22-8-3-5-9-24(22)28/h3-12,20H,13-18H2,1-2H3,(H,29,32). The molecule has 2 aromatic carbocycles. The molecule has 1 amide bonds. The minimum atomic E-state index is -0.158. The molecule has 0 spiro atoms. The number of pyridine rings is 1. The second-order valence-corrected chi connectivity index (χ2v) is 8.52. The average Bonchev–Trinajstić information content (AvgIpc) is 2.84. The fourth-order valence-corrected chi connectivity index (χ4v) is 4.43. The lowest BCUT2D eigenvalue weighted by molar-refractivity contribution is 0.0947. The van der Waals surface area contributed by atoms with Crippen molar-refractivity contribution in [2.24, 2.45) is 0 Å². The predicted molar refractivity (Wildman–Crippen MR) is 127 cm³/mol. The van der Waals surface area contributed by atoms with Crippen molar-refractivity contribution >= 4 is 5.91 Å². The van der Waals surface area contributed by atoms with Crippen molar-refractivity contribution in [3.8, 4) is 5.75 Å². The molecule has 1 saturated heterocycles. The fourth-order valence-electron chi connectivity index (χ4n) is 4.43. The topological polar surface area (TPSA) is 54.5 Å². The molecule has 0 unspecified atom stereocenters. The van der Waals surface area contributed by atoms with Gasteiger partial charge in [-0.1, -0.05) is 36.4 Å². The van der Waals surface area contributed by atoms with Crippen molar-refractivity contribution in [1.29, 1.82) is 0 Å². The van der Waals surface area contributed by atoms with Gasteiger partial charge >= 0.3 is 0 Å². The first-order valence-corrected chi connectivity index (χ1v) is 11.4. The quantitative estimate of drug-likeness (QED) is 0.563. The highest BCUT2D eigenvalue weighted by molar-refractivity contribution is 5.95. The molecule has 172 valence electrons. The first-order valence-electron chi connectivity index (χ1n) is 11.4. The molecule has 6 heteroatoms. The molecular weight excluding hydrogens is 417 g/mol. The van der Waals surface area contributed by atoms with Crippen LogP contribution in [0.15, 0.2) is 60.7 Å². The molecule has 1 fully saturated rings. The largest absolute Gasteiger partial charge is 0.496 e. The number of amides is 1. The molecule has 1 aliphatic rings. The van der Waals surface area contributed by atoms with E-state index >= 15 is 0 Å². The number of ether oxygens (including phenoxy) is 1. The van der Waals surface area contributed by atoms with Crippen LogP contribution in [0.5, 0.6) is 5.75 Å². The van der Waals surface area contributed by atoms with Gasteiger partial charge in [-0.3, -0.25) is 14.7 Å². The SMILES string of the molecule is COc1ccccc1CNC(=O)c1ccc(C)nc1C1CCN(Cc2ccccc2F)CC1. The average molecular weight is 448 g/mol. The van der Waals surface area contributed by atoms with E-state index in [9.17, 15) is 9.18 Å². The number of hydrogen-bond donors (Lipinski definition) is 1. The predicted octanol–water partition coefficient (Wildman–Crippen LogP) is 4.85. The van der Waals surface area contributed by atoms with Gasteiger partial charge in [0, 0.05) is 35.8 Å². The van der Waals surface area contributed by atoms with E-state index in [1.807, 2.05) is 55.5 Å². The van der Waals surface area contributed by atoms with E-state index in [1.165, 1.54) is 6.07 Å². The van der Waals surface area contributed by atoms with E-state index in [0.29, 0.717) is 18.7 Å².